The highest BCUT2D eigenvalue weighted by atomic mass is 35.5. The number of ether oxygens (including phenoxy) is 1. The fourth-order valence-corrected chi connectivity index (χ4v) is 5.52. The Morgan fingerprint density at radius 1 is 1.23 bits per heavy atom. The van der Waals surface area contributed by atoms with Crippen LogP contribution in [-0.2, 0) is 16.4 Å². The first-order valence-electron chi connectivity index (χ1n) is 8.74. The molecule has 1 saturated heterocycles. The molecule has 2 aromatic carbocycles. The van der Waals surface area contributed by atoms with E-state index in [-0.39, 0.29) is 17.0 Å². The maximum absolute atomic E-state index is 13.1. The zero-order chi connectivity index (χ0) is 18.3. The Bertz CT molecular complexity index is 918. The zero-order valence-corrected chi connectivity index (χ0v) is 16.1. The molecule has 4 rings (SSSR count). The van der Waals surface area contributed by atoms with Gasteiger partial charge in [0.05, 0.1) is 9.92 Å². The van der Waals surface area contributed by atoms with Crippen molar-refractivity contribution in [2.24, 2.45) is 0 Å². The largest absolute Gasteiger partial charge is 0.489 e. The summed E-state index contributed by atoms with van der Waals surface area (Å²) < 4.78 is 33.3. The van der Waals surface area contributed by atoms with Crippen LogP contribution in [0.3, 0.4) is 0 Å². The second-order valence-corrected chi connectivity index (χ2v) is 9.23. The molecule has 0 spiro atoms. The molecule has 26 heavy (non-hydrogen) atoms. The summed E-state index contributed by atoms with van der Waals surface area (Å²) in [7, 11) is -3.57. The van der Waals surface area contributed by atoms with Gasteiger partial charge in [-0.15, -0.1) is 0 Å². The highest BCUT2D eigenvalue weighted by Crippen LogP contribution is 2.39. The van der Waals surface area contributed by atoms with E-state index in [1.54, 1.807) is 6.07 Å². The number of fused-ring (bicyclic) bond motifs is 1. The third-order valence-electron chi connectivity index (χ3n) is 4.85. The molecule has 0 radical (unpaired) electrons. The number of hydrogen-bond donors (Lipinski definition) is 1. The molecule has 2 aliphatic heterocycles. The summed E-state index contributed by atoms with van der Waals surface area (Å²) in [6, 6.07) is 13.2. The predicted molar refractivity (Wildman–Crippen MR) is 102 cm³/mol. The first-order valence-corrected chi connectivity index (χ1v) is 10.6. The van der Waals surface area contributed by atoms with E-state index in [0.29, 0.717) is 30.3 Å². The van der Waals surface area contributed by atoms with Crippen molar-refractivity contribution in [3.05, 3.63) is 53.1 Å². The molecule has 0 amide bonds. The Hall–Kier alpha value is -1.76. The number of para-hydroxylation sites is 1. The van der Waals surface area contributed by atoms with E-state index in [2.05, 4.69) is 5.32 Å². The van der Waals surface area contributed by atoms with Crippen LogP contribution in [0.15, 0.2) is 47.4 Å². The van der Waals surface area contributed by atoms with Gasteiger partial charge in [0.1, 0.15) is 11.9 Å². The molecule has 2 aromatic rings. The molecular weight excluding hydrogens is 372 g/mol. The Morgan fingerprint density at radius 2 is 2.00 bits per heavy atom. The summed E-state index contributed by atoms with van der Waals surface area (Å²) in [6.45, 7) is 2.89. The smallest absolute Gasteiger partial charge is 0.243 e. The maximum Gasteiger partial charge on any atom is 0.243 e. The van der Waals surface area contributed by atoms with Crippen LogP contribution in [-0.4, -0.2) is 38.0 Å². The zero-order valence-electron chi connectivity index (χ0n) is 14.5. The van der Waals surface area contributed by atoms with Gasteiger partial charge in [0, 0.05) is 36.8 Å². The van der Waals surface area contributed by atoms with Crippen LogP contribution in [0.1, 0.15) is 18.9 Å². The van der Waals surface area contributed by atoms with Crippen LogP contribution >= 0.6 is 11.6 Å². The summed E-state index contributed by atoms with van der Waals surface area (Å²) in [5.41, 5.74) is 1.87. The predicted octanol–water partition coefficient (Wildman–Crippen LogP) is 3.54. The van der Waals surface area contributed by atoms with E-state index in [1.165, 1.54) is 10.4 Å². The van der Waals surface area contributed by atoms with E-state index in [0.717, 1.165) is 17.7 Å². The van der Waals surface area contributed by atoms with Crippen molar-refractivity contribution in [1.29, 1.82) is 0 Å². The van der Waals surface area contributed by atoms with E-state index in [4.69, 9.17) is 16.3 Å². The molecule has 0 saturated carbocycles. The number of sulfonamides is 1. The van der Waals surface area contributed by atoms with Crippen LogP contribution < -0.4 is 10.1 Å². The molecule has 0 bridgehead atoms. The fourth-order valence-electron chi connectivity index (χ4n) is 3.59. The molecule has 0 aromatic heterocycles. The lowest BCUT2D eigenvalue weighted by atomic mass is 10.1. The normalized spacial score (nSPS) is 22.8. The van der Waals surface area contributed by atoms with Crippen LogP contribution in [0, 0.1) is 0 Å². The van der Waals surface area contributed by atoms with Crippen molar-refractivity contribution >= 4 is 27.3 Å². The average molecular weight is 393 g/mol. The van der Waals surface area contributed by atoms with Crippen molar-refractivity contribution in [3.8, 4) is 5.75 Å². The van der Waals surface area contributed by atoms with Gasteiger partial charge >= 0.3 is 0 Å². The minimum absolute atomic E-state index is 0.0201. The summed E-state index contributed by atoms with van der Waals surface area (Å²) in [6.07, 6.45) is 1.47. The summed E-state index contributed by atoms with van der Waals surface area (Å²) in [5, 5.41) is 3.77. The number of hydrogen-bond acceptors (Lipinski definition) is 4. The molecule has 2 heterocycles. The van der Waals surface area contributed by atoms with Crippen molar-refractivity contribution in [2.45, 2.75) is 36.8 Å². The molecular formula is C19H21ClN2O3S. The first kappa shape index (κ1) is 17.6. The topological polar surface area (TPSA) is 58.6 Å². The number of anilines is 1. The molecule has 1 N–H and O–H groups in total. The van der Waals surface area contributed by atoms with Gasteiger partial charge in [0.15, 0.2) is 0 Å². The molecule has 1 fully saturated rings. The Morgan fingerprint density at radius 3 is 2.77 bits per heavy atom. The second kappa shape index (κ2) is 6.76. The minimum atomic E-state index is -3.57. The number of benzene rings is 2. The summed E-state index contributed by atoms with van der Waals surface area (Å²) in [5.74, 6) is 0.614. The number of rotatable bonds is 4. The van der Waals surface area contributed by atoms with Crippen molar-refractivity contribution in [1.82, 2.24) is 4.31 Å². The lowest BCUT2D eigenvalue weighted by molar-refractivity contribution is 0.255. The van der Waals surface area contributed by atoms with Gasteiger partial charge in [0.2, 0.25) is 10.0 Å². The lowest BCUT2D eigenvalue weighted by Crippen LogP contribution is -2.31. The molecule has 0 aliphatic carbocycles. The van der Waals surface area contributed by atoms with Gasteiger partial charge in [-0.25, -0.2) is 8.42 Å². The monoisotopic (exact) mass is 392 g/mol. The SMILES string of the molecule is C[C@H]1Cc2cc(S(=O)(=O)N3CC[C@@H](Nc4ccccc4)C3)cc(Cl)c2O1. The van der Waals surface area contributed by atoms with Crippen LogP contribution in [0.25, 0.3) is 0 Å². The van der Waals surface area contributed by atoms with Crippen molar-refractivity contribution in [3.63, 3.8) is 0 Å². The maximum atomic E-state index is 13.1. The molecule has 7 heteroatoms. The van der Waals surface area contributed by atoms with Crippen molar-refractivity contribution in [2.75, 3.05) is 18.4 Å². The number of nitrogens with one attached hydrogen (secondary N) is 1. The third-order valence-corrected chi connectivity index (χ3v) is 6.98. The highest BCUT2D eigenvalue weighted by molar-refractivity contribution is 7.89. The highest BCUT2D eigenvalue weighted by Gasteiger charge is 2.34. The Labute approximate surface area is 159 Å². The number of nitrogens with zero attached hydrogens (tertiary/aromatic N) is 1. The molecule has 138 valence electrons. The standard InChI is InChI=1S/C19H21ClN2O3S/c1-13-9-14-10-17(11-18(20)19(14)25-13)26(23,24)22-8-7-16(12-22)21-15-5-3-2-4-6-15/h2-6,10-11,13,16,21H,7-9,12H2,1H3/t13-,16+/m0/s1. The molecule has 0 unspecified atom stereocenters. The van der Waals surface area contributed by atoms with Gasteiger partial charge in [-0.05, 0) is 37.6 Å². The third kappa shape index (κ3) is 3.29. The Kier molecular flexibility index (Phi) is 4.59. The van der Waals surface area contributed by atoms with Gasteiger partial charge < -0.3 is 10.1 Å². The first-order chi connectivity index (χ1) is 12.4. The van der Waals surface area contributed by atoms with Crippen LogP contribution in [0.2, 0.25) is 5.02 Å². The van der Waals surface area contributed by atoms with Gasteiger partial charge in [-0.3, -0.25) is 0 Å². The van der Waals surface area contributed by atoms with Gasteiger partial charge in [-0.1, -0.05) is 29.8 Å². The van der Waals surface area contributed by atoms with Gasteiger partial charge in [0.25, 0.3) is 0 Å². The van der Waals surface area contributed by atoms with E-state index in [9.17, 15) is 8.42 Å². The molecule has 5 nitrogen and oxygen atoms in total. The number of halogens is 1. The average Bonchev–Trinajstić information content (AvgIpc) is 3.22. The molecule has 2 atom stereocenters. The Balaban J connectivity index is 1.53. The summed E-state index contributed by atoms with van der Waals surface area (Å²) in [4.78, 5) is 0.249. The van der Waals surface area contributed by atoms with Crippen molar-refractivity contribution < 1.29 is 13.2 Å². The minimum Gasteiger partial charge on any atom is -0.489 e. The van der Waals surface area contributed by atoms with Crippen LogP contribution in [0.4, 0.5) is 5.69 Å². The lowest BCUT2D eigenvalue weighted by Gasteiger charge is -2.18. The van der Waals surface area contributed by atoms with E-state index >= 15 is 0 Å². The molecule has 2 aliphatic rings. The van der Waals surface area contributed by atoms with E-state index < -0.39 is 10.0 Å². The summed E-state index contributed by atoms with van der Waals surface area (Å²) >= 11 is 6.27. The van der Waals surface area contributed by atoms with Crippen LogP contribution in [0.5, 0.6) is 5.75 Å². The fraction of sp³-hybridized carbons (Fsp3) is 0.368. The quantitative estimate of drug-likeness (QED) is 0.864. The second-order valence-electron chi connectivity index (χ2n) is 6.88. The van der Waals surface area contributed by atoms with E-state index in [1.807, 2.05) is 37.3 Å². The van der Waals surface area contributed by atoms with Gasteiger partial charge in [-0.2, -0.15) is 4.31 Å².